The van der Waals surface area contributed by atoms with E-state index in [4.69, 9.17) is 4.74 Å². The summed E-state index contributed by atoms with van der Waals surface area (Å²) in [6, 6.07) is 0.334. The number of ether oxygens (including phenoxy) is 1. The lowest BCUT2D eigenvalue weighted by atomic mass is 10.5. The van der Waals surface area contributed by atoms with Crippen LogP contribution in [0.3, 0.4) is 0 Å². The maximum atomic E-state index is 5.48. The number of rotatable bonds is 8. The van der Waals surface area contributed by atoms with Crippen LogP contribution < -0.4 is 15.4 Å². The van der Waals surface area contributed by atoms with Crippen LogP contribution >= 0.6 is 11.3 Å². The lowest BCUT2D eigenvalue weighted by molar-refractivity contribution is 0.292. The van der Waals surface area contributed by atoms with Gasteiger partial charge in [0.05, 0.1) is 13.2 Å². The molecule has 0 aliphatic carbocycles. The molecule has 2 rings (SSSR count). The summed E-state index contributed by atoms with van der Waals surface area (Å²) in [5.41, 5.74) is 0. The van der Waals surface area contributed by atoms with E-state index in [0.29, 0.717) is 31.1 Å². The lowest BCUT2D eigenvalue weighted by Crippen LogP contribution is -2.11. The summed E-state index contributed by atoms with van der Waals surface area (Å²) in [6.45, 7) is 7.96. The molecule has 0 aliphatic rings. The van der Waals surface area contributed by atoms with E-state index in [9.17, 15) is 0 Å². The summed E-state index contributed by atoms with van der Waals surface area (Å²) in [6.07, 6.45) is 2.76. The maximum Gasteiger partial charge on any atom is 0.323 e. The molecule has 0 saturated carbocycles. The van der Waals surface area contributed by atoms with Crippen molar-refractivity contribution in [3.8, 4) is 6.01 Å². The zero-order valence-electron chi connectivity index (χ0n) is 12.5. The van der Waals surface area contributed by atoms with Gasteiger partial charge in [-0.05, 0) is 20.3 Å². The fourth-order valence-electron chi connectivity index (χ4n) is 1.57. The van der Waals surface area contributed by atoms with E-state index in [-0.39, 0.29) is 0 Å². The van der Waals surface area contributed by atoms with Crippen LogP contribution in [0.5, 0.6) is 6.01 Å². The Morgan fingerprint density at radius 1 is 1.14 bits per heavy atom. The summed E-state index contributed by atoms with van der Waals surface area (Å²) < 4.78 is 5.48. The molecule has 0 amide bonds. The molecule has 2 N–H and O–H groups in total. The summed E-state index contributed by atoms with van der Waals surface area (Å²) in [5, 5.41) is 7.22. The fourth-order valence-corrected chi connectivity index (χ4v) is 2.30. The number of aryl methyl sites for hydroxylation is 1. The van der Waals surface area contributed by atoms with Crippen LogP contribution in [0, 0.1) is 6.92 Å². The van der Waals surface area contributed by atoms with Gasteiger partial charge >= 0.3 is 6.01 Å². The molecule has 114 valence electrons. The Kier molecular flexibility index (Phi) is 5.68. The molecule has 0 radical (unpaired) electrons. The summed E-state index contributed by atoms with van der Waals surface area (Å²) in [4.78, 5) is 18.3. The standard InChI is InChI=1S/C13H20N6OS/c1-4-6-20-13-18-11(14-5-2)17-12(19-13)16-8-10-15-7-9(3)21-10/h7H,4-6,8H2,1-3H3,(H2,14,16,17,18,19). The van der Waals surface area contributed by atoms with Gasteiger partial charge in [-0.3, -0.25) is 0 Å². The molecule has 0 atom stereocenters. The number of nitrogens with zero attached hydrogens (tertiary/aromatic N) is 4. The van der Waals surface area contributed by atoms with Crippen molar-refractivity contribution in [1.82, 2.24) is 19.9 Å². The first-order valence-electron chi connectivity index (χ1n) is 6.99. The fraction of sp³-hybridized carbons (Fsp3) is 0.538. The highest BCUT2D eigenvalue weighted by Crippen LogP contribution is 2.15. The summed E-state index contributed by atoms with van der Waals surface area (Å²) >= 11 is 1.65. The third-order valence-corrected chi connectivity index (χ3v) is 3.36. The van der Waals surface area contributed by atoms with Crippen LogP contribution in [0.4, 0.5) is 11.9 Å². The van der Waals surface area contributed by atoms with Gasteiger partial charge in [0.1, 0.15) is 5.01 Å². The zero-order valence-corrected chi connectivity index (χ0v) is 13.3. The molecule has 0 aromatic carbocycles. The Bertz CT molecular complexity index is 574. The van der Waals surface area contributed by atoms with Gasteiger partial charge in [-0.1, -0.05) is 6.92 Å². The van der Waals surface area contributed by atoms with Gasteiger partial charge in [0.25, 0.3) is 0 Å². The third-order valence-electron chi connectivity index (χ3n) is 2.45. The summed E-state index contributed by atoms with van der Waals surface area (Å²) in [5.74, 6) is 0.997. The number of hydrogen-bond acceptors (Lipinski definition) is 8. The largest absolute Gasteiger partial charge is 0.463 e. The van der Waals surface area contributed by atoms with Gasteiger partial charge in [-0.2, -0.15) is 15.0 Å². The lowest BCUT2D eigenvalue weighted by Gasteiger charge is -2.09. The minimum atomic E-state index is 0.334. The van der Waals surface area contributed by atoms with Crippen molar-refractivity contribution in [2.24, 2.45) is 0 Å². The van der Waals surface area contributed by atoms with E-state index < -0.39 is 0 Å². The molecule has 0 bridgehead atoms. The number of nitrogens with one attached hydrogen (secondary N) is 2. The quantitative estimate of drug-likeness (QED) is 0.775. The van der Waals surface area contributed by atoms with Gasteiger partial charge < -0.3 is 15.4 Å². The van der Waals surface area contributed by atoms with E-state index in [1.807, 2.05) is 27.0 Å². The third kappa shape index (κ3) is 4.82. The summed E-state index contributed by atoms with van der Waals surface area (Å²) in [7, 11) is 0. The highest BCUT2D eigenvalue weighted by molar-refractivity contribution is 7.11. The number of anilines is 2. The highest BCUT2D eigenvalue weighted by Gasteiger charge is 2.07. The smallest absolute Gasteiger partial charge is 0.323 e. The van der Waals surface area contributed by atoms with Crippen molar-refractivity contribution in [1.29, 1.82) is 0 Å². The van der Waals surface area contributed by atoms with Crippen molar-refractivity contribution < 1.29 is 4.74 Å². The molecule has 0 spiro atoms. The second kappa shape index (κ2) is 7.72. The Morgan fingerprint density at radius 2 is 1.90 bits per heavy atom. The predicted molar refractivity (Wildman–Crippen MR) is 84.0 cm³/mol. The molecule has 2 aromatic rings. The van der Waals surface area contributed by atoms with Crippen molar-refractivity contribution in [3.05, 3.63) is 16.1 Å². The average molecular weight is 308 g/mol. The first-order chi connectivity index (χ1) is 10.2. The average Bonchev–Trinajstić information content (AvgIpc) is 2.89. The molecule has 8 heteroatoms. The minimum Gasteiger partial charge on any atom is -0.463 e. The van der Waals surface area contributed by atoms with E-state index in [2.05, 4.69) is 30.6 Å². The Hall–Kier alpha value is -1.96. The van der Waals surface area contributed by atoms with Crippen LogP contribution in [-0.4, -0.2) is 33.1 Å². The van der Waals surface area contributed by atoms with Gasteiger partial charge in [0.2, 0.25) is 11.9 Å². The van der Waals surface area contributed by atoms with Crippen molar-refractivity contribution >= 4 is 23.2 Å². The second-order valence-electron chi connectivity index (χ2n) is 4.36. The van der Waals surface area contributed by atoms with Crippen LogP contribution in [-0.2, 0) is 6.54 Å². The Balaban J connectivity index is 2.07. The molecule has 21 heavy (non-hydrogen) atoms. The van der Waals surface area contributed by atoms with Gasteiger partial charge in [-0.25, -0.2) is 4.98 Å². The van der Waals surface area contributed by atoms with Crippen LogP contribution in [0.25, 0.3) is 0 Å². The topological polar surface area (TPSA) is 84.9 Å². The number of aromatic nitrogens is 4. The minimum absolute atomic E-state index is 0.334. The van der Waals surface area contributed by atoms with Crippen molar-refractivity contribution in [2.75, 3.05) is 23.8 Å². The van der Waals surface area contributed by atoms with Gasteiger partial charge in [0.15, 0.2) is 0 Å². The molecular formula is C13H20N6OS. The normalized spacial score (nSPS) is 10.4. The SMILES string of the molecule is CCCOc1nc(NCC)nc(NCc2ncc(C)s2)n1. The zero-order chi connectivity index (χ0) is 15.1. The predicted octanol–water partition coefficient (Wildman–Crippen LogP) is 2.47. The molecular weight excluding hydrogens is 288 g/mol. The second-order valence-corrected chi connectivity index (χ2v) is 5.68. The molecule has 0 saturated heterocycles. The highest BCUT2D eigenvalue weighted by atomic mass is 32.1. The molecule has 0 fully saturated rings. The first-order valence-corrected chi connectivity index (χ1v) is 7.80. The van der Waals surface area contributed by atoms with Gasteiger partial charge in [-0.15, -0.1) is 11.3 Å². The van der Waals surface area contributed by atoms with E-state index in [1.54, 1.807) is 11.3 Å². The molecule has 7 nitrogen and oxygen atoms in total. The Morgan fingerprint density at radius 3 is 2.52 bits per heavy atom. The van der Waals surface area contributed by atoms with Crippen LogP contribution in [0.1, 0.15) is 30.2 Å². The molecule has 0 unspecified atom stereocenters. The molecule has 0 aliphatic heterocycles. The maximum absolute atomic E-state index is 5.48. The van der Waals surface area contributed by atoms with E-state index in [0.717, 1.165) is 18.0 Å². The van der Waals surface area contributed by atoms with Gasteiger partial charge in [0, 0.05) is 17.6 Å². The van der Waals surface area contributed by atoms with E-state index >= 15 is 0 Å². The molecule has 2 heterocycles. The molecule has 2 aromatic heterocycles. The number of hydrogen-bond donors (Lipinski definition) is 2. The van der Waals surface area contributed by atoms with E-state index in [1.165, 1.54) is 4.88 Å². The van der Waals surface area contributed by atoms with Crippen LogP contribution in [0.15, 0.2) is 6.20 Å². The monoisotopic (exact) mass is 308 g/mol. The van der Waals surface area contributed by atoms with Crippen molar-refractivity contribution in [3.63, 3.8) is 0 Å². The van der Waals surface area contributed by atoms with Crippen LogP contribution in [0.2, 0.25) is 0 Å². The first kappa shape index (κ1) is 15.4. The Labute approximate surface area is 128 Å². The van der Waals surface area contributed by atoms with Crippen molar-refractivity contribution in [2.45, 2.75) is 33.7 Å². The number of thiazole rings is 1.